The summed E-state index contributed by atoms with van der Waals surface area (Å²) in [5, 5.41) is -0.0554. The van der Waals surface area contributed by atoms with E-state index in [2.05, 4.69) is 0 Å². The van der Waals surface area contributed by atoms with Gasteiger partial charge in [-0.05, 0) is 37.3 Å². The molecule has 0 saturated carbocycles. The standard InChI is InChI=1S/C16H13Cl2F2NO4S/c1-2-25-16(22)9-21(11-4-6-13(19)14(20)8-11)26(23,24)15-7-10(17)3-5-12(15)18/h3-8H,2,9H2,1H3. The number of ether oxygens (including phenoxy) is 1. The number of hydrogen-bond donors (Lipinski definition) is 0. The number of carbonyl (C=O) groups excluding carboxylic acids is 1. The molecular weight excluding hydrogens is 411 g/mol. The number of benzene rings is 2. The molecule has 5 nitrogen and oxygen atoms in total. The van der Waals surface area contributed by atoms with Gasteiger partial charge >= 0.3 is 5.97 Å². The van der Waals surface area contributed by atoms with Crippen LogP contribution in [0.2, 0.25) is 10.0 Å². The van der Waals surface area contributed by atoms with Gasteiger partial charge in [0.1, 0.15) is 11.4 Å². The quantitative estimate of drug-likeness (QED) is 0.657. The van der Waals surface area contributed by atoms with Crippen molar-refractivity contribution in [2.24, 2.45) is 0 Å². The van der Waals surface area contributed by atoms with Crippen molar-refractivity contribution < 1.29 is 26.7 Å². The summed E-state index contributed by atoms with van der Waals surface area (Å²) in [5.74, 6) is -3.31. The molecule has 0 aromatic heterocycles. The number of esters is 1. The van der Waals surface area contributed by atoms with Gasteiger partial charge in [0.05, 0.1) is 17.3 Å². The topological polar surface area (TPSA) is 63.7 Å². The van der Waals surface area contributed by atoms with E-state index >= 15 is 0 Å². The van der Waals surface area contributed by atoms with Gasteiger partial charge in [0.15, 0.2) is 11.6 Å². The lowest BCUT2D eigenvalue weighted by atomic mass is 10.3. The number of anilines is 1. The molecule has 140 valence electrons. The molecule has 2 rings (SSSR count). The fourth-order valence-electron chi connectivity index (χ4n) is 2.07. The van der Waals surface area contributed by atoms with Crippen LogP contribution in [0.3, 0.4) is 0 Å². The Bertz CT molecular complexity index is 938. The second kappa shape index (κ2) is 8.20. The molecule has 0 aliphatic rings. The lowest BCUT2D eigenvalue weighted by molar-refractivity contribution is -0.141. The van der Waals surface area contributed by atoms with E-state index in [0.717, 1.165) is 18.2 Å². The van der Waals surface area contributed by atoms with E-state index in [1.54, 1.807) is 6.92 Å². The number of hydrogen-bond acceptors (Lipinski definition) is 4. The van der Waals surface area contributed by atoms with E-state index in [9.17, 15) is 22.0 Å². The van der Waals surface area contributed by atoms with Crippen LogP contribution in [0.4, 0.5) is 14.5 Å². The highest BCUT2D eigenvalue weighted by molar-refractivity contribution is 7.93. The first kappa shape index (κ1) is 20.4. The second-order valence-electron chi connectivity index (χ2n) is 4.99. The molecule has 26 heavy (non-hydrogen) atoms. The molecule has 10 heteroatoms. The molecule has 0 radical (unpaired) electrons. The summed E-state index contributed by atoms with van der Waals surface area (Å²) >= 11 is 11.8. The molecule has 2 aromatic rings. The average Bonchev–Trinajstić information content (AvgIpc) is 2.57. The summed E-state index contributed by atoms with van der Waals surface area (Å²) in [6, 6.07) is 6.17. The van der Waals surface area contributed by atoms with Crippen LogP contribution in [0.25, 0.3) is 0 Å². The predicted octanol–water partition coefficient (Wildman–Crippen LogP) is 4.03. The number of sulfonamides is 1. The van der Waals surface area contributed by atoms with Gasteiger partial charge in [-0.3, -0.25) is 9.10 Å². The van der Waals surface area contributed by atoms with E-state index in [1.165, 1.54) is 12.1 Å². The van der Waals surface area contributed by atoms with Crippen molar-refractivity contribution in [2.75, 3.05) is 17.5 Å². The molecule has 0 saturated heterocycles. The van der Waals surface area contributed by atoms with Crippen LogP contribution in [-0.4, -0.2) is 27.5 Å². The van der Waals surface area contributed by atoms with Crippen molar-refractivity contribution in [2.45, 2.75) is 11.8 Å². The molecule has 0 atom stereocenters. The summed E-state index contributed by atoms with van der Waals surface area (Å²) in [5.41, 5.74) is -0.270. The highest BCUT2D eigenvalue weighted by Gasteiger charge is 2.30. The van der Waals surface area contributed by atoms with Gasteiger partial charge in [0, 0.05) is 11.1 Å². The Hall–Kier alpha value is -1.90. The van der Waals surface area contributed by atoms with E-state index < -0.39 is 34.2 Å². The third kappa shape index (κ3) is 4.44. The van der Waals surface area contributed by atoms with E-state index in [0.29, 0.717) is 10.4 Å². The Kier molecular flexibility index (Phi) is 6.44. The lowest BCUT2D eigenvalue weighted by Crippen LogP contribution is -2.37. The molecule has 0 spiro atoms. The minimum absolute atomic E-state index is 0.0163. The third-order valence-electron chi connectivity index (χ3n) is 3.23. The Balaban J connectivity index is 2.59. The van der Waals surface area contributed by atoms with E-state index in [4.69, 9.17) is 27.9 Å². The van der Waals surface area contributed by atoms with Gasteiger partial charge in [-0.15, -0.1) is 0 Å². The zero-order valence-corrected chi connectivity index (χ0v) is 15.7. The van der Waals surface area contributed by atoms with Gasteiger partial charge in [0.2, 0.25) is 0 Å². The molecule has 2 aromatic carbocycles. The van der Waals surface area contributed by atoms with Crippen molar-refractivity contribution in [3.8, 4) is 0 Å². The smallest absolute Gasteiger partial charge is 0.326 e. The van der Waals surface area contributed by atoms with Crippen molar-refractivity contribution in [1.82, 2.24) is 0 Å². The summed E-state index contributed by atoms with van der Waals surface area (Å²) in [7, 11) is -4.42. The van der Waals surface area contributed by atoms with Gasteiger partial charge in [-0.25, -0.2) is 17.2 Å². The first-order valence-corrected chi connectivity index (χ1v) is 9.45. The molecule has 0 heterocycles. The molecule has 0 amide bonds. The van der Waals surface area contributed by atoms with E-state index in [-0.39, 0.29) is 27.2 Å². The van der Waals surface area contributed by atoms with Crippen molar-refractivity contribution >= 4 is 44.9 Å². The SMILES string of the molecule is CCOC(=O)CN(c1ccc(F)c(F)c1)S(=O)(=O)c1cc(Cl)ccc1Cl. The van der Waals surface area contributed by atoms with Crippen LogP contribution in [0.1, 0.15) is 6.92 Å². The summed E-state index contributed by atoms with van der Waals surface area (Å²) in [6.45, 7) is 0.800. The molecule has 0 aliphatic carbocycles. The Labute approximate surface area is 159 Å². The van der Waals surface area contributed by atoms with Crippen LogP contribution in [-0.2, 0) is 19.6 Å². The normalized spacial score (nSPS) is 11.3. The molecule has 0 N–H and O–H groups in total. The Morgan fingerprint density at radius 2 is 1.81 bits per heavy atom. The maximum Gasteiger partial charge on any atom is 0.326 e. The number of nitrogens with zero attached hydrogens (tertiary/aromatic N) is 1. The van der Waals surface area contributed by atoms with Gasteiger partial charge in [-0.1, -0.05) is 23.2 Å². The lowest BCUT2D eigenvalue weighted by Gasteiger charge is -2.24. The fraction of sp³-hybridized carbons (Fsp3) is 0.188. The molecule has 0 unspecified atom stereocenters. The van der Waals surface area contributed by atoms with Gasteiger partial charge in [0.25, 0.3) is 10.0 Å². The first-order chi connectivity index (χ1) is 12.2. The number of carbonyl (C=O) groups is 1. The van der Waals surface area contributed by atoms with Gasteiger partial charge in [-0.2, -0.15) is 0 Å². The van der Waals surface area contributed by atoms with Crippen molar-refractivity contribution in [1.29, 1.82) is 0 Å². The molecule has 0 fully saturated rings. The zero-order valence-electron chi connectivity index (χ0n) is 13.4. The molecule has 0 bridgehead atoms. The highest BCUT2D eigenvalue weighted by Crippen LogP contribution is 2.31. The fourth-order valence-corrected chi connectivity index (χ4v) is 4.21. The molecule has 0 aliphatic heterocycles. The average molecular weight is 424 g/mol. The summed E-state index contributed by atoms with van der Waals surface area (Å²) in [6.07, 6.45) is 0. The number of rotatable bonds is 6. The maximum absolute atomic E-state index is 13.6. The van der Waals surface area contributed by atoms with Crippen LogP contribution in [0, 0.1) is 11.6 Å². The zero-order chi connectivity index (χ0) is 19.5. The monoisotopic (exact) mass is 423 g/mol. The maximum atomic E-state index is 13.6. The van der Waals surface area contributed by atoms with Crippen molar-refractivity contribution in [3.63, 3.8) is 0 Å². The minimum atomic E-state index is -4.42. The Morgan fingerprint density at radius 1 is 1.12 bits per heavy atom. The minimum Gasteiger partial charge on any atom is -0.465 e. The van der Waals surface area contributed by atoms with Crippen LogP contribution >= 0.6 is 23.2 Å². The highest BCUT2D eigenvalue weighted by atomic mass is 35.5. The van der Waals surface area contributed by atoms with Crippen LogP contribution < -0.4 is 4.31 Å². The van der Waals surface area contributed by atoms with Crippen molar-refractivity contribution in [3.05, 3.63) is 58.1 Å². The predicted molar refractivity (Wildman–Crippen MR) is 94.0 cm³/mol. The first-order valence-electron chi connectivity index (χ1n) is 7.25. The van der Waals surface area contributed by atoms with Crippen LogP contribution in [0.5, 0.6) is 0 Å². The summed E-state index contributed by atoms with van der Waals surface area (Å²) in [4.78, 5) is 11.5. The summed E-state index contributed by atoms with van der Waals surface area (Å²) < 4.78 is 58.1. The number of halogens is 4. The third-order valence-corrected chi connectivity index (χ3v) is 5.72. The van der Waals surface area contributed by atoms with Crippen LogP contribution in [0.15, 0.2) is 41.3 Å². The largest absolute Gasteiger partial charge is 0.465 e. The Morgan fingerprint density at radius 3 is 2.42 bits per heavy atom. The molecular formula is C16H13Cl2F2NO4S. The second-order valence-corrected chi connectivity index (χ2v) is 7.66. The van der Waals surface area contributed by atoms with E-state index in [1.807, 2.05) is 0 Å². The van der Waals surface area contributed by atoms with Gasteiger partial charge < -0.3 is 4.74 Å².